The maximum Gasteiger partial charge on any atom is 0.150 e. The van der Waals surface area contributed by atoms with Gasteiger partial charge in [0.05, 0.1) is 18.3 Å². The molecule has 1 aliphatic heterocycles. The average molecular weight is 259 g/mol. The summed E-state index contributed by atoms with van der Waals surface area (Å²) < 4.78 is 5.50. The second-order valence-electron chi connectivity index (χ2n) is 5.46. The first-order valence-corrected chi connectivity index (χ1v) is 6.59. The summed E-state index contributed by atoms with van der Waals surface area (Å²) in [5, 5.41) is 0. The highest BCUT2D eigenvalue weighted by atomic mass is 16.5. The van der Waals surface area contributed by atoms with Gasteiger partial charge in [-0.25, -0.2) is 0 Å². The minimum absolute atomic E-state index is 0.0538. The van der Waals surface area contributed by atoms with Gasteiger partial charge in [-0.15, -0.1) is 0 Å². The highest BCUT2D eigenvalue weighted by Gasteiger charge is 2.32. The number of hydrogen-bond acceptors (Lipinski definition) is 3. The molecule has 2 rings (SSSR count). The number of carbonyl (C=O) groups excluding carboxylic acids is 1. The number of rotatable bonds is 3. The zero-order valence-electron chi connectivity index (χ0n) is 12.3. The van der Waals surface area contributed by atoms with Crippen LogP contribution < -0.4 is 9.64 Å². The number of likely N-dealkylation sites (N-methyl/N-ethyl adjacent to an activating group) is 1. The lowest BCUT2D eigenvalue weighted by molar-refractivity contribution is 0.112. The SMILES string of the molecule is CCN1c2c(OC)cc(C=O)cc2C(C)=CC1(C)C. The lowest BCUT2D eigenvalue weighted by atomic mass is 9.87. The van der Waals surface area contributed by atoms with Gasteiger partial charge in [0.25, 0.3) is 0 Å². The van der Waals surface area contributed by atoms with Crippen LogP contribution in [0.3, 0.4) is 0 Å². The molecule has 102 valence electrons. The van der Waals surface area contributed by atoms with Crippen molar-refractivity contribution in [1.29, 1.82) is 0 Å². The molecular formula is C16H21NO2. The Kier molecular flexibility index (Phi) is 3.40. The van der Waals surface area contributed by atoms with Crippen LogP contribution in [0.25, 0.3) is 5.57 Å². The molecule has 3 heteroatoms. The molecule has 1 heterocycles. The van der Waals surface area contributed by atoms with Gasteiger partial charge in [-0.1, -0.05) is 6.08 Å². The molecule has 0 saturated carbocycles. The number of fused-ring (bicyclic) bond motifs is 1. The molecule has 0 aliphatic carbocycles. The minimum atomic E-state index is -0.0538. The number of anilines is 1. The fourth-order valence-electron chi connectivity index (χ4n) is 2.97. The van der Waals surface area contributed by atoms with Crippen molar-refractivity contribution in [3.8, 4) is 5.75 Å². The quantitative estimate of drug-likeness (QED) is 0.778. The zero-order valence-corrected chi connectivity index (χ0v) is 12.3. The van der Waals surface area contributed by atoms with Gasteiger partial charge in [0.15, 0.2) is 0 Å². The molecule has 0 bridgehead atoms. The number of allylic oxidation sites excluding steroid dienone is 1. The number of methoxy groups -OCH3 is 1. The van der Waals surface area contributed by atoms with E-state index in [1.54, 1.807) is 7.11 Å². The van der Waals surface area contributed by atoms with E-state index in [-0.39, 0.29) is 5.54 Å². The number of benzene rings is 1. The van der Waals surface area contributed by atoms with Crippen LogP contribution in [0.4, 0.5) is 5.69 Å². The molecule has 3 nitrogen and oxygen atoms in total. The van der Waals surface area contributed by atoms with Gasteiger partial charge in [0, 0.05) is 17.7 Å². The summed E-state index contributed by atoms with van der Waals surface area (Å²) in [5.41, 5.74) is 3.95. The summed E-state index contributed by atoms with van der Waals surface area (Å²) in [6.45, 7) is 9.49. The molecule has 1 aliphatic rings. The van der Waals surface area contributed by atoms with E-state index in [4.69, 9.17) is 4.74 Å². The molecule has 1 aromatic carbocycles. The lowest BCUT2D eigenvalue weighted by Gasteiger charge is -2.43. The molecule has 0 unspecified atom stereocenters. The monoisotopic (exact) mass is 259 g/mol. The van der Waals surface area contributed by atoms with Crippen LogP contribution in [-0.2, 0) is 0 Å². The normalized spacial score (nSPS) is 16.7. The summed E-state index contributed by atoms with van der Waals surface area (Å²) >= 11 is 0. The summed E-state index contributed by atoms with van der Waals surface area (Å²) in [5.74, 6) is 0.766. The van der Waals surface area contributed by atoms with Crippen molar-refractivity contribution < 1.29 is 9.53 Å². The maximum absolute atomic E-state index is 11.1. The van der Waals surface area contributed by atoms with Crippen molar-refractivity contribution in [3.05, 3.63) is 29.3 Å². The lowest BCUT2D eigenvalue weighted by Crippen LogP contribution is -2.45. The zero-order chi connectivity index (χ0) is 14.2. The largest absolute Gasteiger partial charge is 0.495 e. The van der Waals surface area contributed by atoms with Crippen LogP contribution in [0.1, 0.15) is 43.6 Å². The van der Waals surface area contributed by atoms with Crippen LogP contribution in [0.2, 0.25) is 0 Å². The molecule has 0 radical (unpaired) electrons. The first kappa shape index (κ1) is 13.7. The number of nitrogens with zero attached hydrogens (tertiary/aromatic N) is 1. The summed E-state index contributed by atoms with van der Waals surface area (Å²) in [4.78, 5) is 13.4. The van der Waals surface area contributed by atoms with Gasteiger partial charge in [0.2, 0.25) is 0 Å². The van der Waals surface area contributed by atoms with E-state index < -0.39 is 0 Å². The predicted octanol–water partition coefficient (Wildman–Crippen LogP) is 3.53. The van der Waals surface area contributed by atoms with E-state index in [1.165, 1.54) is 5.57 Å². The van der Waals surface area contributed by atoms with Crippen LogP contribution in [0.5, 0.6) is 5.75 Å². The van der Waals surface area contributed by atoms with Crippen LogP contribution in [0, 0.1) is 0 Å². The Morgan fingerprint density at radius 3 is 2.58 bits per heavy atom. The Hall–Kier alpha value is -1.77. The van der Waals surface area contributed by atoms with Crippen molar-refractivity contribution in [2.24, 2.45) is 0 Å². The smallest absolute Gasteiger partial charge is 0.150 e. The molecule has 1 aromatic rings. The number of ether oxygens (including phenoxy) is 1. The van der Waals surface area contributed by atoms with Gasteiger partial charge in [-0.05, 0) is 45.4 Å². The molecule has 0 spiro atoms. The highest BCUT2D eigenvalue weighted by Crippen LogP contribution is 2.44. The molecular weight excluding hydrogens is 238 g/mol. The fraction of sp³-hybridized carbons (Fsp3) is 0.438. The summed E-state index contributed by atoms with van der Waals surface area (Å²) in [7, 11) is 1.65. The van der Waals surface area contributed by atoms with Crippen molar-refractivity contribution >= 4 is 17.5 Å². The predicted molar refractivity (Wildman–Crippen MR) is 79.1 cm³/mol. The minimum Gasteiger partial charge on any atom is -0.495 e. The third-order valence-electron chi connectivity index (χ3n) is 3.73. The van der Waals surface area contributed by atoms with Gasteiger partial charge >= 0.3 is 0 Å². The van der Waals surface area contributed by atoms with Gasteiger partial charge < -0.3 is 9.64 Å². The van der Waals surface area contributed by atoms with Crippen LogP contribution in [0.15, 0.2) is 18.2 Å². The number of aldehydes is 1. The second kappa shape index (κ2) is 4.72. The molecule has 0 fully saturated rings. The number of hydrogen-bond donors (Lipinski definition) is 0. The molecule has 0 saturated heterocycles. The van der Waals surface area contributed by atoms with E-state index in [9.17, 15) is 4.79 Å². The maximum atomic E-state index is 11.1. The van der Waals surface area contributed by atoms with E-state index in [0.717, 1.165) is 29.8 Å². The standard InChI is InChI=1S/C16H21NO2/c1-6-17-15-13(11(2)9-16(17,3)4)7-12(10-18)8-14(15)19-5/h7-10H,6H2,1-5H3. The first-order valence-electron chi connectivity index (χ1n) is 6.59. The summed E-state index contributed by atoms with van der Waals surface area (Å²) in [6, 6.07) is 3.75. The Labute approximate surface area is 114 Å². The van der Waals surface area contributed by atoms with Crippen LogP contribution in [-0.4, -0.2) is 25.5 Å². The third-order valence-corrected chi connectivity index (χ3v) is 3.73. The Morgan fingerprint density at radius 2 is 2.05 bits per heavy atom. The second-order valence-corrected chi connectivity index (χ2v) is 5.46. The topological polar surface area (TPSA) is 29.5 Å². The summed E-state index contributed by atoms with van der Waals surface area (Å²) in [6.07, 6.45) is 3.11. The van der Waals surface area contributed by atoms with Crippen molar-refractivity contribution in [1.82, 2.24) is 0 Å². The first-order chi connectivity index (χ1) is 8.94. The average Bonchev–Trinajstić information content (AvgIpc) is 2.37. The molecule has 0 N–H and O–H groups in total. The Bertz CT molecular complexity index is 544. The fourth-order valence-corrected chi connectivity index (χ4v) is 2.97. The van der Waals surface area contributed by atoms with Crippen molar-refractivity contribution in [2.45, 2.75) is 33.2 Å². The molecule has 0 aromatic heterocycles. The van der Waals surface area contributed by atoms with Crippen molar-refractivity contribution in [3.63, 3.8) is 0 Å². The Balaban J connectivity index is 2.76. The third kappa shape index (κ3) is 2.14. The molecule has 0 atom stereocenters. The molecule has 19 heavy (non-hydrogen) atoms. The Morgan fingerprint density at radius 1 is 1.37 bits per heavy atom. The van der Waals surface area contributed by atoms with Gasteiger partial charge in [0.1, 0.15) is 12.0 Å². The van der Waals surface area contributed by atoms with E-state index in [2.05, 4.69) is 38.7 Å². The van der Waals surface area contributed by atoms with Gasteiger partial charge in [-0.3, -0.25) is 4.79 Å². The van der Waals surface area contributed by atoms with Crippen molar-refractivity contribution in [2.75, 3.05) is 18.6 Å². The number of carbonyl (C=O) groups is 1. The van der Waals surface area contributed by atoms with E-state index in [1.807, 2.05) is 12.1 Å². The highest BCUT2D eigenvalue weighted by molar-refractivity contribution is 5.89. The van der Waals surface area contributed by atoms with Crippen LogP contribution >= 0.6 is 0 Å². The van der Waals surface area contributed by atoms with E-state index >= 15 is 0 Å². The van der Waals surface area contributed by atoms with Gasteiger partial charge in [-0.2, -0.15) is 0 Å². The molecule has 0 amide bonds. The van der Waals surface area contributed by atoms with E-state index in [0.29, 0.717) is 5.56 Å².